The molecule has 0 unspecified atom stereocenters. The van der Waals surface area contributed by atoms with Crippen LogP contribution in [0.4, 0.5) is 5.95 Å². The average Bonchev–Trinajstić information content (AvgIpc) is 2.51. The van der Waals surface area contributed by atoms with E-state index in [0.717, 1.165) is 5.56 Å². The molecular formula is C16H18N4O. The van der Waals surface area contributed by atoms with Crippen molar-refractivity contribution in [2.45, 2.75) is 13.5 Å². The third-order valence-corrected chi connectivity index (χ3v) is 2.83. The molecule has 0 aliphatic carbocycles. The van der Waals surface area contributed by atoms with E-state index in [-0.39, 0.29) is 5.91 Å². The van der Waals surface area contributed by atoms with Crippen molar-refractivity contribution in [3.8, 4) is 0 Å². The first kappa shape index (κ1) is 14.7. The summed E-state index contributed by atoms with van der Waals surface area (Å²) in [6, 6.07) is 9.75. The summed E-state index contributed by atoms with van der Waals surface area (Å²) >= 11 is 0. The van der Waals surface area contributed by atoms with Crippen LogP contribution in [0.5, 0.6) is 0 Å². The second kappa shape index (κ2) is 7.19. The summed E-state index contributed by atoms with van der Waals surface area (Å²) in [5, 5.41) is 5.80. The predicted molar refractivity (Wildman–Crippen MR) is 83.1 cm³/mol. The molecule has 0 spiro atoms. The minimum absolute atomic E-state index is 0.240. The first-order valence-electron chi connectivity index (χ1n) is 6.70. The Hall–Kier alpha value is -2.69. The molecule has 2 N–H and O–H groups in total. The van der Waals surface area contributed by atoms with E-state index in [2.05, 4.69) is 33.2 Å². The second-order valence-electron chi connectivity index (χ2n) is 4.61. The van der Waals surface area contributed by atoms with Crippen LogP contribution in [-0.4, -0.2) is 22.4 Å². The highest BCUT2D eigenvalue weighted by Crippen LogP contribution is 2.07. The van der Waals surface area contributed by atoms with Gasteiger partial charge in [0.2, 0.25) is 5.95 Å². The van der Waals surface area contributed by atoms with Gasteiger partial charge in [-0.3, -0.25) is 4.79 Å². The van der Waals surface area contributed by atoms with Gasteiger partial charge in [0.25, 0.3) is 5.91 Å². The van der Waals surface area contributed by atoms with Gasteiger partial charge in [0.1, 0.15) is 5.69 Å². The van der Waals surface area contributed by atoms with Gasteiger partial charge in [-0.15, -0.1) is 6.58 Å². The molecule has 108 valence electrons. The van der Waals surface area contributed by atoms with Crippen molar-refractivity contribution >= 4 is 11.9 Å². The summed E-state index contributed by atoms with van der Waals surface area (Å²) in [5.74, 6) is 0.193. The van der Waals surface area contributed by atoms with Crippen LogP contribution in [0.15, 0.2) is 49.2 Å². The molecule has 0 saturated heterocycles. The summed E-state index contributed by atoms with van der Waals surface area (Å²) < 4.78 is 0. The number of rotatable bonds is 6. The van der Waals surface area contributed by atoms with Crippen LogP contribution in [0.25, 0.3) is 0 Å². The molecule has 1 amide bonds. The number of carbonyl (C=O) groups excluding carboxylic acids is 1. The zero-order valence-corrected chi connectivity index (χ0v) is 12.0. The van der Waals surface area contributed by atoms with E-state index in [1.807, 2.05) is 25.1 Å². The van der Waals surface area contributed by atoms with Gasteiger partial charge in [-0.05, 0) is 18.6 Å². The SMILES string of the molecule is C=CCNC(=O)c1ccnc(NCc2cccc(C)c2)n1. The van der Waals surface area contributed by atoms with Gasteiger partial charge in [0, 0.05) is 19.3 Å². The van der Waals surface area contributed by atoms with E-state index in [1.54, 1.807) is 18.3 Å². The fourth-order valence-corrected chi connectivity index (χ4v) is 1.83. The zero-order valence-electron chi connectivity index (χ0n) is 12.0. The molecule has 1 aromatic carbocycles. The minimum atomic E-state index is -0.240. The molecule has 5 heteroatoms. The number of amides is 1. The van der Waals surface area contributed by atoms with Crippen LogP contribution in [-0.2, 0) is 6.54 Å². The standard InChI is InChI=1S/C16H18N4O/c1-3-8-17-15(21)14-7-9-18-16(20-14)19-11-13-6-4-5-12(2)10-13/h3-7,9-10H,1,8,11H2,2H3,(H,17,21)(H,18,19,20). The molecule has 0 aliphatic rings. The van der Waals surface area contributed by atoms with Crippen molar-refractivity contribution < 1.29 is 4.79 Å². The minimum Gasteiger partial charge on any atom is -0.350 e. The Morgan fingerprint density at radius 3 is 3.00 bits per heavy atom. The van der Waals surface area contributed by atoms with E-state index in [4.69, 9.17) is 0 Å². The van der Waals surface area contributed by atoms with E-state index in [9.17, 15) is 4.79 Å². The Bertz CT molecular complexity index is 640. The summed E-state index contributed by atoms with van der Waals surface area (Å²) in [6.07, 6.45) is 3.18. The predicted octanol–water partition coefficient (Wildman–Crippen LogP) is 2.31. The van der Waals surface area contributed by atoms with Crippen molar-refractivity contribution in [3.05, 3.63) is 66.0 Å². The summed E-state index contributed by atoms with van der Waals surface area (Å²) in [5.41, 5.74) is 2.67. The molecule has 1 aromatic heterocycles. The number of nitrogens with one attached hydrogen (secondary N) is 2. The van der Waals surface area contributed by atoms with E-state index in [0.29, 0.717) is 24.7 Å². The first-order chi connectivity index (χ1) is 10.2. The average molecular weight is 282 g/mol. The molecule has 5 nitrogen and oxygen atoms in total. The molecule has 0 atom stereocenters. The Morgan fingerprint density at radius 1 is 1.38 bits per heavy atom. The lowest BCUT2D eigenvalue weighted by Crippen LogP contribution is -2.24. The van der Waals surface area contributed by atoms with Crippen molar-refractivity contribution in [1.29, 1.82) is 0 Å². The van der Waals surface area contributed by atoms with Gasteiger partial charge in [0.15, 0.2) is 0 Å². The molecule has 0 aliphatic heterocycles. The van der Waals surface area contributed by atoms with Crippen molar-refractivity contribution in [2.24, 2.45) is 0 Å². The van der Waals surface area contributed by atoms with Crippen LogP contribution in [0.3, 0.4) is 0 Å². The topological polar surface area (TPSA) is 66.9 Å². The van der Waals surface area contributed by atoms with E-state index < -0.39 is 0 Å². The van der Waals surface area contributed by atoms with E-state index >= 15 is 0 Å². The lowest BCUT2D eigenvalue weighted by Gasteiger charge is -2.07. The molecule has 2 rings (SSSR count). The Morgan fingerprint density at radius 2 is 2.24 bits per heavy atom. The lowest BCUT2D eigenvalue weighted by atomic mass is 10.1. The molecule has 0 radical (unpaired) electrons. The number of aryl methyl sites for hydroxylation is 1. The van der Waals surface area contributed by atoms with Crippen LogP contribution >= 0.6 is 0 Å². The molecule has 0 saturated carbocycles. The van der Waals surface area contributed by atoms with Crippen LogP contribution < -0.4 is 10.6 Å². The number of benzene rings is 1. The highest BCUT2D eigenvalue weighted by Gasteiger charge is 2.07. The second-order valence-corrected chi connectivity index (χ2v) is 4.61. The summed E-state index contributed by atoms with van der Waals surface area (Å²) in [7, 11) is 0. The van der Waals surface area contributed by atoms with Gasteiger partial charge in [-0.25, -0.2) is 9.97 Å². The molecular weight excluding hydrogens is 264 g/mol. The zero-order chi connectivity index (χ0) is 15.1. The highest BCUT2D eigenvalue weighted by atomic mass is 16.1. The van der Waals surface area contributed by atoms with Crippen molar-refractivity contribution in [3.63, 3.8) is 0 Å². The fraction of sp³-hybridized carbons (Fsp3) is 0.188. The normalized spacial score (nSPS) is 9.95. The lowest BCUT2D eigenvalue weighted by molar-refractivity contribution is 0.0953. The smallest absolute Gasteiger partial charge is 0.270 e. The third-order valence-electron chi connectivity index (χ3n) is 2.83. The van der Waals surface area contributed by atoms with Gasteiger partial charge in [-0.2, -0.15) is 0 Å². The highest BCUT2D eigenvalue weighted by molar-refractivity contribution is 5.92. The monoisotopic (exact) mass is 282 g/mol. The van der Waals surface area contributed by atoms with E-state index in [1.165, 1.54) is 5.56 Å². The number of aromatic nitrogens is 2. The number of anilines is 1. The van der Waals surface area contributed by atoms with Gasteiger partial charge in [0.05, 0.1) is 0 Å². The number of carbonyl (C=O) groups is 1. The van der Waals surface area contributed by atoms with Gasteiger partial charge >= 0.3 is 0 Å². The van der Waals surface area contributed by atoms with Crippen LogP contribution in [0.1, 0.15) is 21.6 Å². The molecule has 2 aromatic rings. The largest absolute Gasteiger partial charge is 0.350 e. The molecule has 21 heavy (non-hydrogen) atoms. The van der Waals surface area contributed by atoms with Crippen LogP contribution in [0.2, 0.25) is 0 Å². The maximum absolute atomic E-state index is 11.8. The molecule has 1 heterocycles. The maximum atomic E-state index is 11.8. The summed E-state index contributed by atoms with van der Waals surface area (Å²) in [6.45, 7) is 6.62. The van der Waals surface area contributed by atoms with Gasteiger partial charge in [-0.1, -0.05) is 35.9 Å². The fourth-order valence-electron chi connectivity index (χ4n) is 1.83. The van der Waals surface area contributed by atoms with Crippen molar-refractivity contribution in [1.82, 2.24) is 15.3 Å². The number of nitrogens with zero attached hydrogens (tertiary/aromatic N) is 2. The quantitative estimate of drug-likeness (QED) is 0.798. The molecule has 0 bridgehead atoms. The van der Waals surface area contributed by atoms with Crippen LogP contribution in [0, 0.1) is 6.92 Å². The van der Waals surface area contributed by atoms with Crippen molar-refractivity contribution in [2.75, 3.05) is 11.9 Å². The maximum Gasteiger partial charge on any atom is 0.270 e. The molecule has 0 fully saturated rings. The number of hydrogen-bond acceptors (Lipinski definition) is 4. The first-order valence-corrected chi connectivity index (χ1v) is 6.70. The Balaban J connectivity index is 2.00. The summed E-state index contributed by atoms with van der Waals surface area (Å²) in [4.78, 5) is 20.1. The Kier molecular flexibility index (Phi) is 5.04. The Labute approximate surface area is 124 Å². The van der Waals surface area contributed by atoms with Gasteiger partial charge < -0.3 is 10.6 Å². The third kappa shape index (κ3) is 4.42. The number of hydrogen-bond donors (Lipinski definition) is 2.